The zero-order chi connectivity index (χ0) is 13.5. The molecule has 0 aliphatic carbocycles. The van der Waals surface area contributed by atoms with Crippen LogP contribution in [0.4, 0.5) is 9.18 Å². The SMILES string of the molecule is O=C(F)NCCNC(=O)CCN1C(=O)C=CC1=O. The summed E-state index contributed by atoms with van der Waals surface area (Å²) < 4.78 is 11.7. The van der Waals surface area contributed by atoms with Crippen molar-refractivity contribution in [2.45, 2.75) is 6.42 Å². The highest BCUT2D eigenvalue weighted by molar-refractivity contribution is 6.13. The minimum atomic E-state index is -1.66. The van der Waals surface area contributed by atoms with Gasteiger partial charge in [-0.1, -0.05) is 0 Å². The van der Waals surface area contributed by atoms with Gasteiger partial charge in [-0.2, -0.15) is 0 Å². The molecule has 4 amide bonds. The fourth-order valence-corrected chi connectivity index (χ4v) is 1.32. The van der Waals surface area contributed by atoms with Gasteiger partial charge in [0.25, 0.3) is 11.8 Å². The zero-order valence-electron chi connectivity index (χ0n) is 9.44. The van der Waals surface area contributed by atoms with Gasteiger partial charge in [0.2, 0.25) is 5.91 Å². The summed E-state index contributed by atoms with van der Waals surface area (Å²) in [4.78, 5) is 44.4. The molecule has 0 atom stereocenters. The number of carbonyl (C=O) groups is 4. The molecule has 0 aromatic rings. The summed E-state index contributed by atoms with van der Waals surface area (Å²) in [7, 11) is 0. The van der Waals surface area contributed by atoms with E-state index in [2.05, 4.69) is 5.32 Å². The first-order valence-corrected chi connectivity index (χ1v) is 5.24. The summed E-state index contributed by atoms with van der Waals surface area (Å²) >= 11 is 0. The van der Waals surface area contributed by atoms with Crippen LogP contribution in [0, 0.1) is 0 Å². The minimum absolute atomic E-state index is 0.00797. The molecule has 7 nitrogen and oxygen atoms in total. The fraction of sp³-hybridized carbons (Fsp3) is 0.400. The third kappa shape index (κ3) is 4.32. The Kier molecular flexibility index (Phi) is 4.97. The predicted octanol–water partition coefficient (Wildman–Crippen LogP) is -0.903. The van der Waals surface area contributed by atoms with E-state index >= 15 is 0 Å². The van der Waals surface area contributed by atoms with Gasteiger partial charge in [0, 0.05) is 38.2 Å². The number of carbonyl (C=O) groups excluding carboxylic acids is 4. The fourth-order valence-electron chi connectivity index (χ4n) is 1.32. The van der Waals surface area contributed by atoms with Crippen LogP contribution in [0.1, 0.15) is 6.42 Å². The van der Waals surface area contributed by atoms with Crippen molar-refractivity contribution in [1.82, 2.24) is 15.5 Å². The lowest BCUT2D eigenvalue weighted by atomic mass is 10.3. The molecule has 0 saturated heterocycles. The highest BCUT2D eigenvalue weighted by atomic mass is 19.1. The van der Waals surface area contributed by atoms with E-state index in [1.807, 2.05) is 5.32 Å². The van der Waals surface area contributed by atoms with Crippen LogP contribution >= 0.6 is 0 Å². The second-order valence-electron chi connectivity index (χ2n) is 3.46. The van der Waals surface area contributed by atoms with Crippen LogP contribution in [0.2, 0.25) is 0 Å². The number of rotatable bonds is 6. The Balaban J connectivity index is 2.16. The quantitative estimate of drug-likeness (QED) is 0.279. The minimum Gasteiger partial charge on any atom is -0.354 e. The summed E-state index contributed by atoms with van der Waals surface area (Å²) in [6, 6.07) is 0. The normalized spacial score (nSPS) is 13.9. The zero-order valence-corrected chi connectivity index (χ0v) is 9.44. The van der Waals surface area contributed by atoms with Crippen molar-refractivity contribution in [3.8, 4) is 0 Å². The van der Waals surface area contributed by atoms with Crippen molar-refractivity contribution in [1.29, 1.82) is 0 Å². The van der Waals surface area contributed by atoms with E-state index < -0.39 is 23.9 Å². The van der Waals surface area contributed by atoms with Gasteiger partial charge in [-0.15, -0.1) is 4.39 Å². The maximum absolute atomic E-state index is 11.7. The van der Waals surface area contributed by atoms with Gasteiger partial charge in [0.05, 0.1) is 0 Å². The van der Waals surface area contributed by atoms with Gasteiger partial charge in [-0.25, -0.2) is 4.79 Å². The van der Waals surface area contributed by atoms with E-state index in [1.165, 1.54) is 0 Å². The maximum Gasteiger partial charge on any atom is 0.397 e. The maximum atomic E-state index is 11.7. The molecule has 0 saturated carbocycles. The molecule has 1 aliphatic rings. The highest BCUT2D eigenvalue weighted by Crippen LogP contribution is 2.03. The third-order valence-corrected chi connectivity index (χ3v) is 2.17. The van der Waals surface area contributed by atoms with Crippen molar-refractivity contribution >= 4 is 23.9 Å². The molecule has 1 rings (SSSR count). The van der Waals surface area contributed by atoms with E-state index in [9.17, 15) is 23.6 Å². The molecule has 0 aromatic carbocycles. The van der Waals surface area contributed by atoms with Gasteiger partial charge in [0.15, 0.2) is 0 Å². The average molecular weight is 257 g/mol. The Hall–Kier alpha value is -2.25. The lowest BCUT2D eigenvalue weighted by Gasteiger charge is -2.13. The predicted molar refractivity (Wildman–Crippen MR) is 58.0 cm³/mol. The first-order chi connectivity index (χ1) is 8.50. The molecule has 0 aromatic heterocycles. The molecule has 0 fully saturated rings. The van der Waals surface area contributed by atoms with Crippen LogP contribution in [0.25, 0.3) is 0 Å². The van der Waals surface area contributed by atoms with E-state index in [4.69, 9.17) is 0 Å². The van der Waals surface area contributed by atoms with E-state index in [-0.39, 0.29) is 26.1 Å². The Morgan fingerprint density at radius 3 is 2.22 bits per heavy atom. The third-order valence-electron chi connectivity index (χ3n) is 2.17. The van der Waals surface area contributed by atoms with Crippen LogP contribution in [-0.2, 0) is 14.4 Å². The van der Waals surface area contributed by atoms with E-state index in [0.29, 0.717) is 0 Å². The van der Waals surface area contributed by atoms with E-state index in [0.717, 1.165) is 17.1 Å². The summed E-state index contributed by atoms with van der Waals surface area (Å²) in [6.07, 6.45) is 0.570. The number of amides is 4. The number of nitrogens with one attached hydrogen (secondary N) is 2. The van der Waals surface area contributed by atoms with Gasteiger partial charge >= 0.3 is 6.16 Å². The number of hydrogen-bond donors (Lipinski definition) is 2. The largest absolute Gasteiger partial charge is 0.397 e. The van der Waals surface area contributed by atoms with Gasteiger partial charge < -0.3 is 10.6 Å². The standard InChI is InChI=1S/C10H12FN3O4/c11-10(18)13-5-4-12-7(15)3-6-14-8(16)1-2-9(14)17/h1-2H,3-6H2,(H,12,15)(H,13,18). The Morgan fingerprint density at radius 1 is 1.11 bits per heavy atom. The molecular formula is C10H12FN3O4. The summed E-state index contributed by atoms with van der Waals surface area (Å²) in [5.74, 6) is -1.29. The first-order valence-electron chi connectivity index (χ1n) is 5.24. The number of imide groups is 1. The van der Waals surface area contributed by atoms with Crippen LogP contribution in [0.3, 0.4) is 0 Å². The second-order valence-corrected chi connectivity index (χ2v) is 3.46. The first kappa shape index (κ1) is 13.8. The van der Waals surface area contributed by atoms with Crippen molar-refractivity contribution in [2.24, 2.45) is 0 Å². The number of halogens is 1. The highest BCUT2D eigenvalue weighted by Gasteiger charge is 2.23. The molecule has 1 aliphatic heterocycles. The monoisotopic (exact) mass is 257 g/mol. The molecular weight excluding hydrogens is 245 g/mol. The van der Waals surface area contributed by atoms with Crippen LogP contribution < -0.4 is 10.6 Å². The molecule has 18 heavy (non-hydrogen) atoms. The Labute approximate surface area is 102 Å². The average Bonchev–Trinajstić information content (AvgIpc) is 2.62. The Bertz CT molecular complexity index is 390. The van der Waals surface area contributed by atoms with Gasteiger partial charge in [-0.05, 0) is 0 Å². The topological polar surface area (TPSA) is 95.6 Å². The lowest BCUT2D eigenvalue weighted by molar-refractivity contribution is -0.137. The smallest absolute Gasteiger partial charge is 0.354 e. The van der Waals surface area contributed by atoms with Crippen molar-refractivity contribution in [3.05, 3.63) is 12.2 Å². The Morgan fingerprint density at radius 2 is 1.67 bits per heavy atom. The molecule has 2 N–H and O–H groups in total. The van der Waals surface area contributed by atoms with Crippen LogP contribution in [0.15, 0.2) is 12.2 Å². The van der Waals surface area contributed by atoms with Crippen molar-refractivity contribution in [2.75, 3.05) is 19.6 Å². The molecule has 0 spiro atoms. The lowest BCUT2D eigenvalue weighted by Crippen LogP contribution is -2.37. The van der Waals surface area contributed by atoms with Crippen LogP contribution in [0.5, 0.6) is 0 Å². The number of nitrogens with zero attached hydrogens (tertiary/aromatic N) is 1. The molecule has 8 heteroatoms. The second kappa shape index (κ2) is 6.48. The van der Waals surface area contributed by atoms with Crippen molar-refractivity contribution < 1.29 is 23.6 Å². The van der Waals surface area contributed by atoms with Gasteiger partial charge in [0.1, 0.15) is 0 Å². The molecule has 0 radical (unpaired) electrons. The summed E-state index contributed by atoms with van der Waals surface area (Å²) in [6.45, 7) is 0.0464. The molecule has 1 heterocycles. The number of hydrogen-bond acceptors (Lipinski definition) is 4. The van der Waals surface area contributed by atoms with Gasteiger partial charge in [-0.3, -0.25) is 19.3 Å². The molecule has 0 unspecified atom stereocenters. The van der Waals surface area contributed by atoms with Crippen molar-refractivity contribution in [3.63, 3.8) is 0 Å². The van der Waals surface area contributed by atoms with E-state index in [1.54, 1.807) is 0 Å². The molecule has 98 valence electrons. The molecule has 0 bridgehead atoms. The summed E-state index contributed by atoms with van der Waals surface area (Å²) in [5.41, 5.74) is 0. The summed E-state index contributed by atoms with van der Waals surface area (Å²) in [5, 5.41) is 4.26. The van der Waals surface area contributed by atoms with Crippen LogP contribution in [-0.4, -0.2) is 48.4 Å².